The highest BCUT2D eigenvalue weighted by atomic mass is 127. The Morgan fingerprint density at radius 2 is 2.00 bits per heavy atom. The standard InChI is InChI=1S/C13H8FIO3/c14-8-4-5-12(11(6-8)13(16)17)18-10-3-1-2-9(15)7-10/h1-7H,(H,16,17). The van der Waals surface area contributed by atoms with Gasteiger partial charge in [-0.1, -0.05) is 6.07 Å². The Hall–Kier alpha value is -1.63. The predicted octanol–water partition coefficient (Wildman–Crippen LogP) is 3.92. The quantitative estimate of drug-likeness (QED) is 0.846. The molecule has 0 unspecified atom stereocenters. The van der Waals surface area contributed by atoms with Crippen LogP contribution in [0.5, 0.6) is 11.5 Å². The number of rotatable bonds is 3. The fourth-order valence-corrected chi connectivity index (χ4v) is 1.93. The SMILES string of the molecule is O=C(O)c1cc(F)ccc1Oc1cccc(I)c1. The smallest absolute Gasteiger partial charge is 0.339 e. The third-order valence-corrected chi connectivity index (χ3v) is 2.87. The third-order valence-electron chi connectivity index (χ3n) is 2.20. The van der Waals surface area contributed by atoms with Crippen LogP contribution in [0.4, 0.5) is 4.39 Å². The molecular weight excluding hydrogens is 350 g/mol. The summed E-state index contributed by atoms with van der Waals surface area (Å²) in [6.45, 7) is 0. The van der Waals surface area contributed by atoms with E-state index in [1.54, 1.807) is 18.2 Å². The van der Waals surface area contributed by atoms with E-state index in [0.29, 0.717) is 5.75 Å². The van der Waals surface area contributed by atoms with Gasteiger partial charge in [0.15, 0.2) is 0 Å². The molecular formula is C13H8FIO3. The summed E-state index contributed by atoms with van der Waals surface area (Å²) in [6, 6.07) is 10.5. The maximum atomic E-state index is 13.0. The van der Waals surface area contributed by atoms with Gasteiger partial charge < -0.3 is 9.84 Å². The number of hydrogen-bond donors (Lipinski definition) is 1. The molecule has 2 aromatic carbocycles. The summed E-state index contributed by atoms with van der Waals surface area (Å²) in [4.78, 5) is 11.0. The van der Waals surface area contributed by atoms with Crippen LogP contribution in [0.3, 0.4) is 0 Å². The van der Waals surface area contributed by atoms with Crippen molar-refractivity contribution in [3.05, 3.63) is 57.4 Å². The molecule has 0 aliphatic rings. The van der Waals surface area contributed by atoms with Crippen LogP contribution in [0.1, 0.15) is 10.4 Å². The molecule has 3 nitrogen and oxygen atoms in total. The second-order valence-electron chi connectivity index (χ2n) is 3.51. The largest absolute Gasteiger partial charge is 0.478 e. The summed E-state index contributed by atoms with van der Waals surface area (Å²) in [6.07, 6.45) is 0. The topological polar surface area (TPSA) is 46.5 Å². The zero-order chi connectivity index (χ0) is 13.1. The zero-order valence-electron chi connectivity index (χ0n) is 9.06. The lowest BCUT2D eigenvalue weighted by Gasteiger charge is -2.08. The van der Waals surface area contributed by atoms with Gasteiger partial charge >= 0.3 is 5.97 Å². The molecule has 0 amide bonds. The van der Waals surface area contributed by atoms with Crippen molar-refractivity contribution in [1.29, 1.82) is 0 Å². The molecule has 0 bridgehead atoms. The fourth-order valence-electron chi connectivity index (χ4n) is 1.42. The summed E-state index contributed by atoms with van der Waals surface area (Å²) < 4.78 is 19.4. The minimum absolute atomic E-state index is 0.117. The molecule has 1 N–H and O–H groups in total. The minimum Gasteiger partial charge on any atom is -0.478 e. The molecule has 2 rings (SSSR count). The first kappa shape index (κ1) is 12.8. The summed E-state index contributed by atoms with van der Waals surface area (Å²) in [5.41, 5.74) is -0.200. The van der Waals surface area contributed by atoms with Crippen LogP contribution >= 0.6 is 22.6 Å². The first-order valence-electron chi connectivity index (χ1n) is 5.02. The summed E-state index contributed by atoms with van der Waals surface area (Å²) in [5.74, 6) is -1.21. The molecule has 18 heavy (non-hydrogen) atoms. The van der Waals surface area contributed by atoms with E-state index in [0.717, 1.165) is 15.7 Å². The van der Waals surface area contributed by atoms with Gasteiger partial charge in [0, 0.05) is 3.57 Å². The number of hydrogen-bond acceptors (Lipinski definition) is 2. The van der Waals surface area contributed by atoms with Crippen molar-refractivity contribution in [1.82, 2.24) is 0 Å². The van der Waals surface area contributed by atoms with E-state index >= 15 is 0 Å². The van der Waals surface area contributed by atoms with Gasteiger partial charge in [-0.15, -0.1) is 0 Å². The van der Waals surface area contributed by atoms with E-state index in [4.69, 9.17) is 9.84 Å². The molecule has 0 saturated carbocycles. The van der Waals surface area contributed by atoms with Crippen molar-refractivity contribution in [2.45, 2.75) is 0 Å². The van der Waals surface area contributed by atoms with Crippen LogP contribution in [0.25, 0.3) is 0 Å². The van der Waals surface area contributed by atoms with Crippen molar-refractivity contribution < 1.29 is 19.0 Å². The van der Waals surface area contributed by atoms with Crippen LogP contribution in [0, 0.1) is 9.39 Å². The average Bonchev–Trinajstić information content (AvgIpc) is 2.31. The molecule has 0 aromatic heterocycles. The van der Waals surface area contributed by atoms with Gasteiger partial charge in [0.05, 0.1) is 0 Å². The van der Waals surface area contributed by atoms with E-state index in [2.05, 4.69) is 22.6 Å². The molecule has 0 aliphatic carbocycles. The number of halogens is 2. The van der Waals surface area contributed by atoms with Crippen LogP contribution < -0.4 is 4.74 Å². The van der Waals surface area contributed by atoms with Crippen molar-refractivity contribution in [3.8, 4) is 11.5 Å². The molecule has 0 saturated heterocycles. The van der Waals surface area contributed by atoms with E-state index in [1.807, 2.05) is 6.07 Å². The zero-order valence-corrected chi connectivity index (χ0v) is 11.2. The Balaban J connectivity index is 2.37. The molecule has 0 atom stereocenters. The molecule has 2 aromatic rings. The Morgan fingerprint density at radius 3 is 2.67 bits per heavy atom. The van der Waals surface area contributed by atoms with Gasteiger partial charge in [0.1, 0.15) is 22.9 Å². The molecule has 0 heterocycles. The first-order chi connectivity index (χ1) is 8.56. The fraction of sp³-hybridized carbons (Fsp3) is 0. The number of aromatic carboxylic acids is 1. The summed E-state index contributed by atoms with van der Waals surface area (Å²) >= 11 is 2.12. The normalized spacial score (nSPS) is 10.1. The second-order valence-corrected chi connectivity index (χ2v) is 4.75. The minimum atomic E-state index is -1.23. The summed E-state index contributed by atoms with van der Waals surface area (Å²) in [7, 11) is 0. The second kappa shape index (κ2) is 5.34. The van der Waals surface area contributed by atoms with Gasteiger partial charge in [-0.25, -0.2) is 9.18 Å². The lowest BCUT2D eigenvalue weighted by Crippen LogP contribution is -2.00. The lowest BCUT2D eigenvalue weighted by atomic mass is 10.2. The van der Waals surface area contributed by atoms with E-state index in [9.17, 15) is 9.18 Å². The van der Waals surface area contributed by atoms with Crippen LogP contribution in [0.2, 0.25) is 0 Å². The number of benzene rings is 2. The molecule has 0 fully saturated rings. The highest BCUT2D eigenvalue weighted by Crippen LogP contribution is 2.27. The molecule has 92 valence electrons. The summed E-state index contributed by atoms with van der Waals surface area (Å²) in [5, 5.41) is 8.97. The van der Waals surface area contributed by atoms with Crippen molar-refractivity contribution >= 4 is 28.6 Å². The van der Waals surface area contributed by atoms with Crippen LogP contribution in [-0.4, -0.2) is 11.1 Å². The van der Waals surface area contributed by atoms with Gasteiger partial charge in [0.2, 0.25) is 0 Å². The molecule has 0 aliphatic heterocycles. The monoisotopic (exact) mass is 358 g/mol. The predicted molar refractivity (Wildman–Crippen MR) is 72.6 cm³/mol. The van der Waals surface area contributed by atoms with Gasteiger partial charge in [-0.3, -0.25) is 0 Å². The number of carboxylic acids is 1. The maximum Gasteiger partial charge on any atom is 0.339 e. The Bertz CT molecular complexity index is 599. The van der Waals surface area contributed by atoms with E-state index < -0.39 is 11.8 Å². The van der Waals surface area contributed by atoms with Crippen molar-refractivity contribution in [2.24, 2.45) is 0 Å². The van der Waals surface area contributed by atoms with Crippen molar-refractivity contribution in [2.75, 3.05) is 0 Å². The number of ether oxygens (including phenoxy) is 1. The van der Waals surface area contributed by atoms with Crippen molar-refractivity contribution in [3.63, 3.8) is 0 Å². The Labute approximate surface area is 116 Å². The van der Waals surface area contributed by atoms with Crippen LogP contribution in [0.15, 0.2) is 42.5 Å². The maximum absolute atomic E-state index is 13.0. The van der Waals surface area contributed by atoms with Gasteiger partial charge in [-0.05, 0) is 59.0 Å². The third kappa shape index (κ3) is 2.98. The highest BCUT2D eigenvalue weighted by Gasteiger charge is 2.13. The number of carboxylic acid groups (broad SMARTS) is 1. The Kier molecular flexibility index (Phi) is 3.81. The van der Waals surface area contributed by atoms with E-state index in [1.165, 1.54) is 6.07 Å². The molecule has 0 radical (unpaired) electrons. The molecule has 5 heteroatoms. The Morgan fingerprint density at radius 1 is 1.22 bits per heavy atom. The van der Waals surface area contributed by atoms with E-state index in [-0.39, 0.29) is 11.3 Å². The lowest BCUT2D eigenvalue weighted by molar-refractivity contribution is 0.0693. The average molecular weight is 358 g/mol. The van der Waals surface area contributed by atoms with Gasteiger partial charge in [0.25, 0.3) is 0 Å². The highest BCUT2D eigenvalue weighted by molar-refractivity contribution is 14.1. The molecule has 0 spiro atoms. The first-order valence-corrected chi connectivity index (χ1v) is 6.10. The van der Waals surface area contributed by atoms with Crippen LogP contribution in [-0.2, 0) is 0 Å². The number of carbonyl (C=O) groups is 1. The van der Waals surface area contributed by atoms with Gasteiger partial charge in [-0.2, -0.15) is 0 Å².